The molecule has 29 heavy (non-hydrogen) atoms. The molecule has 0 unspecified atom stereocenters. The van der Waals surface area contributed by atoms with E-state index < -0.39 is 5.25 Å². The average Bonchev–Trinajstić information content (AvgIpc) is 2.99. The number of nitrogens with two attached hydrogens (primary N) is 1. The van der Waals surface area contributed by atoms with Gasteiger partial charge in [-0.15, -0.1) is 5.10 Å². The Hall–Kier alpha value is -3.33. The van der Waals surface area contributed by atoms with Gasteiger partial charge in [-0.25, -0.2) is 4.90 Å². The average molecular weight is 412 g/mol. The SMILES string of the molecule is COc1ccc(N2C(=O)C[C@H](SC(N)=N/N=C(/C)c3ccc(O)cc3)C2=O)cc1. The van der Waals surface area contributed by atoms with Crippen molar-refractivity contribution < 1.29 is 19.4 Å². The fourth-order valence-electron chi connectivity index (χ4n) is 2.75. The minimum atomic E-state index is -0.655. The summed E-state index contributed by atoms with van der Waals surface area (Å²) in [6.45, 7) is 1.75. The lowest BCUT2D eigenvalue weighted by Gasteiger charge is -2.15. The van der Waals surface area contributed by atoms with Gasteiger partial charge in [0.2, 0.25) is 11.8 Å². The Morgan fingerprint density at radius 1 is 1.14 bits per heavy atom. The Morgan fingerprint density at radius 2 is 1.79 bits per heavy atom. The number of rotatable bonds is 5. The molecule has 3 N–H and O–H groups in total. The third kappa shape index (κ3) is 4.75. The predicted octanol–water partition coefficient (Wildman–Crippen LogP) is 2.50. The lowest BCUT2D eigenvalue weighted by molar-refractivity contribution is -0.121. The second-order valence-electron chi connectivity index (χ2n) is 6.25. The van der Waals surface area contributed by atoms with Crippen LogP contribution in [0.25, 0.3) is 0 Å². The molecule has 2 amide bonds. The second-order valence-corrected chi connectivity index (χ2v) is 7.47. The number of methoxy groups -OCH3 is 1. The maximum atomic E-state index is 12.7. The summed E-state index contributed by atoms with van der Waals surface area (Å²) in [7, 11) is 1.54. The van der Waals surface area contributed by atoms with E-state index in [4.69, 9.17) is 10.5 Å². The van der Waals surface area contributed by atoms with Gasteiger partial charge in [-0.1, -0.05) is 11.8 Å². The van der Waals surface area contributed by atoms with Crippen LogP contribution in [0.2, 0.25) is 0 Å². The number of amidine groups is 1. The van der Waals surface area contributed by atoms with Crippen molar-refractivity contribution in [2.24, 2.45) is 15.9 Å². The van der Waals surface area contributed by atoms with E-state index in [1.54, 1.807) is 62.6 Å². The third-order valence-corrected chi connectivity index (χ3v) is 5.26. The number of nitrogens with zero attached hydrogens (tertiary/aromatic N) is 3. The van der Waals surface area contributed by atoms with Crippen LogP contribution in [0.1, 0.15) is 18.9 Å². The summed E-state index contributed by atoms with van der Waals surface area (Å²) < 4.78 is 5.09. The van der Waals surface area contributed by atoms with Crippen molar-refractivity contribution in [1.29, 1.82) is 0 Å². The van der Waals surface area contributed by atoms with Gasteiger partial charge in [0.1, 0.15) is 16.7 Å². The highest BCUT2D eigenvalue weighted by Crippen LogP contribution is 2.30. The first-order valence-corrected chi connectivity index (χ1v) is 9.61. The van der Waals surface area contributed by atoms with Crippen molar-refractivity contribution in [3.8, 4) is 11.5 Å². The molecule has 0 bridgehead atoms. The number of aromatic hydroxyl groups is 1. The number of hydrogen-bond donors (Lipinski definition) is 2. The van der Waals surface area contributed by atoms with Crippen molar-refractivity contribution in [2.75, 3.05) is 12.0 Å². The minimum absolute atomic E-state index is 0.0341. The summed E-state index contributed by atoms with van der Waals surface area (Å²) in [5, 5.41) is 16.8. The number of phenols is 1. The van der Waals surface area contributed by atoms with E-state index >= 15 is 0 Å². The zero-order chi connectivity index (χ0) is 21.0. The van der Waals surface area contributed by atoms with Crippen molar-refractivity contribution in [1.82, 2.24) is 0 Å². The molecule has 0 aromatic heterocycles. The Balaban J connectivity index is 1.68. The van der Waals surface area contributed by atoms with E-state index in [1.807, 2.05) is 0 Å². The van der Waals surface area contributed by atoms with Gasteiger partial charge in [-0.3, -0.25) is 9.59 Å². The summed E-state index contributed by atoms with van der Waals surface area (Å²) in [6.07, 6.45) is 0.0341. The maximum absolute atomic E-state index is 12.7. The van der Waals surface area contributed by atoms with Crippen molar-refractivity contribution in [2.45, 2.75) is 18.6 Å². The zero-order valence-corrected chi connectivity index (χ0v) is 16.7. The van der Waals surface area contributed by atoms with Crippen molar-refractivity contribution in [3.63, 3.8) is 0 Å². The molecule has 1 saturated heterocycles. The number of imide groups is 1. The lowest BCUT2D eigenvalue weighted by atomic mass is 10.1. The zero-order valence-electron chi connectivity index (χ0n) is 15.9. The molecule has 3 rings (SSSR count). The molecule has 150 valence electrons. The van der Waals surface area contributed by atoms with Gasteiger partial charge in [0.25, 0.3) is 0 Å². The molecule has 2 aromatic rings. The van der Waals surface area contributed by atoms with E-state index in [0.717, 1.165) is 22.2 Å². The molecule has 0 spiro atoms. The van der Waals surface area contributed by atoms with Gasteiger partial charge >= 0.3 is 0 Å². The number of hydrogen-bond acceptors (Lipinski definition) is 7. The van der Waals surface area contributed by atoms with Crippen LogP contribution in [0.3, 0.4) is 0 Å². The van der Waals surface area contributed by atoms with Gasteiger partial charge in [0.05, 0.1) is 18.5 Å². The predicted molar refractivity (Wildman–Crippen MR) is 113 cm³/mol. The standard InChI is InChI=1S/C20H20N4O4S/c1-12(13-3-7-15(25)8-4-13)22-23-20(21)29-17-11-18(26)24(19(17)27)14-5-9-16(28-2)10-6-14/h3-10,17,25H,11H2,1-2H3,(H2,21,23)/b22-12-/t17-/m0/s1. The molecule has 8 nitrogen and oxygen atoms in total. The van der Waals surface area contributed by atoms with Crippen LogP contribution in [0.5, 0.6) is 11.5 Å². The Bertz CT molecular complexity index is 971. The Kier molecular flexibility index (Phi) is 6.18. The van der Waals surface area contributed by atoms with Crippen molar-refractivity contribution in [3.05, 3.63) is 54.1 Å². The largest absolute Gasteiger partial charge is 0.508 e. The van der Waals surface area contributed by atoms with Gasteiger partial charge in [-0.05, 0) is 61.0 Å². The quantitative estimate of drug-likeness (QED) is 0.337. The first kappa shape index (κ1) is 20.4. The smallest absolute Gasteiger partial charge is 0.247 e. The summed E-state index contributed by atoms with van der Waals surface area (Å²) in [4.78, 5) is 26.2. The Labute approximate surface area is 172 Å². The summed E-state index contributed by atoms with van der Waals surface area (Å²) in [6, 6.07) is 13.2. The fourth-order valence-corrected chi connectivity index (χ4v) is 3.56. The summed E-state index contributed by atoms with van der Waals surface area (Å²) in [5.41, 5.74) is 7.77. The number of carbonyl (C=O) groups is 2. The molecule has 0 aliphatic carbocycles. The number of phenolic OH excluding ortho intramolecular Hbond substituents is 1. The monoisotopic (exact) mass is 412 g/mol. The number of amides is 2. The van der Waals surface area contributed by atoms with Gasteiger partial charge in [0, 0.05) is 6.42 Å². The molecule has 2 aromatic carbocycles. The molecule has 0 radical (unpaired) electrons. The maximum Gasteiger partial charge on any atom is 0.247 e. The highest BCUT2D eigenvalue weighted by molar-refractivity contribution is 8.14. The highest BCUT2D eigenvalue weighted by atomic mass is 32.2. The molecule has 9 heteroatoms. The number of carbonyl (C=O) groups excluding carboxylic acids is 2. The normalized spacial score (nSPS) is 17.7. The van der Waals surface area contributed by atoms with Crippen LogP contribution in [0.4, 0.5) is 5.69 Å². The number of thioether (sulfide) groups is 1. The number of ether oxygens (including phenoxy) is 1. The molecule has 0 saturated carbocycles. The molecule has 1 aliphatic rings. The van der Waals surface area contributed by atoms with Crippen LogP contribution in [0.15, 0.2) is 58.7 Å². The van der Waals surface area contributed by atoms with Gasteiger partial charge in [0.15, 0.2) is 5.17 Å². The topological polar surface area (TPSA) is 118 Å². The minimum Gasteiger partial charge on any atom is -0.508 e. The van der Waals surface area contributed by atoms with Crippen LogP contribution in [-0.4, -0.2) is 40.2 Å². The van der Waals surface area contributed by atoms with Gasteiger partial charge in [-0.2, -0.15) is 5.10 Å². The molecule has 1 fully saturated rings. The summed E-state index contributed by atoms with van der Waals surface area (Å²) >= 11 is 1.01. The van der Waals surface area contributed by atoms with E-state index in [0.29, 0.717) is 17.1 Å². The first-order chi connectivity index (χ1) is 13.9. The van der Waals surface area contributed by atoms with E-state index in [2.05, 4.69) is 10.2 Å². The molecule has 1 atom stereocenters. The number of benzene rings is 2. The van der Waals surface area contributed by atoms with Crippen LogP contribution in [0, 0.1) is 0 Å². The van der Waals surface area contributed by atoms with Gasteiger partial charge < -0.3 is 15.6 Å². The molecule has 1 heterocycles. The van der Waals surface area contributed by atoms with Crippen LogP contribution in [-0.2, 0) is 9.59 Å². The van der Waals surface area contributed by atoms with Crippen LogP contribution >= 0.6 is 11.8 Å². The van der Waals surface area contributed by atoms with E-state index in [1.165, 1.54) is 0 Å². The number of anilines is 1. The molecular weight excluding hydrogens is 392 g/mol. The van der Waals surface area contributed by atoms with Crippen molar-refractivity contribution >= 4 is 40.1 Å². The lowest BCUT2D eigenvalue weighted by Crippen LogP contribution is -2.31. The summed E-state index contributed by atoms with van der Waals surface area (Å²) in [5.74, 6) is 0.153. The third-order valence-electron chi connectivity index (χ3n) is 4.28. The fraction of sp³-hybridized carbons (Fsp3) is 0.200. The molecule has 1 aliphatic heterocycles. The Morgan fingerprint density at radius 3 is 2.41 bits per heavy atom. The highest BCUT2D eigenvalue weighted by Gasteiger charge is 2.40. The second kappa shape index (κ2) is 8.78. The first-order valence-electron chi connectivity index (χ1n) is 8.73. The molecular formula is C20H20N4O4S. The van der Waals surface area contributed by atoms with E-state index in [-0.39, 0.29) is 29.2 Å². The van der Waals surface area contributed by atoms with E-state index in [9.17, 15) is 14.7 Å². The van der Waals surface area contributed by atoms with Crippen LogP contribution < -0.4 is 15.4 Å².